The van der Waals surface area contributed by atoms with Gasteiger partial charge in [0.05, 0.1) is 17.4 Å². The van der Waals surface area contributed by atoms with Crippen molar-refractivity contribution in [2.75, 3.05) is 5.73 Å². The summed E-state index contributed by atoms with van der Waals surface area (Å²) >= 11 is 0. The Morgan fingerprint density at radius 2 is 2.00 bits per heavy atom. The Morgan fingerprint density at radius 1 is 1.41 bits per heavy atom. The van der Waals surface area contributed by atoms with Crippen LogP contribution in [0.4, 0.5) is 27.6 Å². The molecule has 0 unspecified atom stereocenters. The lowest BCUT2D eigenvalue weighted by atomic mass is 10.1. The monoisotopic (exact) mass is 253 g/mol. The molecule has 0 aromatic carbocycles. The van der Waals surface area contributed by atoms with Gasteiger partial charge in [-0.05, 0) is 0 Å². The summed E-state index contributed by atoms with van der Waals surface area (Å²) in [6.07, 6.45) is -7.84. The molecule has 1 aromatic heterocycles. The van der Waals surface area contributed by atoms with Crippen molar-refractivity contribution in [1.29, 1.82) is 5.26 Å². The molecular weight excluding hydrogens is 249 g/mol. The van der Waals surface area contributed by atoms with Gasteiger partial charge in [0.25, 0.3) is 6.43 Å². The third kappa shape index (κ3) is 2.93. The maximum absolute atomic E-state index is 12.5. The van der Waals surface area contributed by atoms with Gasteiger partial charge in [0.15, 0.2) is 11.4 Å². The number of alkyl halides is 5. The predicted octanol–water partition coefficient (Wildman–Crippen LogP) is 2.37. The van der Waals surface area contributed by atoms with Crippen LogP contribution in [0.5, 0.6) is 5.75 Å². The van der Waals surface area contributed by atoms with E-state index in [0.29, 0.717) is 6.20 Å². The number of hydrogen-bond donors (Lipinski definition) is 1. The standard InChI is InChI=1S/C8H4F5N3O/c9-7(10)5-3(1-14)16-2-4(6(5)15)17-8(11,12)13/h2,7H,(H2,15,16). The molecule has 17 heavy (non-hydrogen) atoms. The molecule has 1 aromatic rings. The van der Waals surface area contributed by atoms with Gasteiger partial charge in [-0.2, -0.15) is 5.26 Å². The van der Waals surface area contributed by atoms with Gasteiger partial charge < -0.3 is 10.5 Å². The summed E-state index contributed by atoms with van der Waals surface area (Å²) in [7, 11) is 0. The molecule has 0 radical (unpaired) electrons. The van der Waals surface area contributed by atoms with Crippen LogP contribution in [-0.2, 0) is 0 Å². The van der Waals surface area contributed by atoms with Gasteiger partial charge in [0.1, 0.15) is 6.07 Å². The topological polar surface area (TPSA) is 71.9 Å². The van der Waals surface area contributed by atoms with Crippen LogP contribution in [0.1, 0.15) is 17.7 Å². The number of hydrogen-bond acceptors (Lipinski definition) is 4. The Hall–Kier alpha value is -2.11. The van der Waals surface area contributed by atoms with Gasteiger partial charge >= 0.3 is 6.36 Å². The fraction of sp³-hybridized carbons (Fsp3) is 0.250. The van der Waals surface area contributed by atoms with Crippen LogP contribution in [0.25, 0.3) is 0 Å². The molecule has 0 saturated heterocycles. The number of anilines is 1. The zero-order valence-corrected chi connectivity index (χ0v) is 7.92. The maximum atomic E-state index is 12.5. The summed E-state index contributed by atoms with van der Waals surface area (Å²) in [5, 5.41) is 8.45. The highest BCUT2D eigenvalue weighted by molar-refractivity contribution is 5.61. The molecule has 1 heterocycles. The van der Waals surface area contributed by atoms with Gasteiger partial charge in [-0.1, -0.05) is 0 Å². The van der Waals surface area contributed by atoms with Gasteiger partial charge in [0, 0.05) is 0 Å². The van der Waals surface area contributed by atoms with Gasteiger partial charge in [-0.25, -0.2) is 13.8 Å². The number of nitrogens with two attached hydrogens (primary N) is 1. The van der Waals surface area contributed by atoms with Gasteiger partial charge in [0.2, 0.25) is 0 Å². The molecule has 0 aliphatic heterocycles. The summed E-state index contributed by atoms with van der Waals surface area (Å²) < 4.78 is 64.0. The molecule has 2 N–H and O–H groups in total. The van der Waals surface area contributed by atoms with Crippen molar-refractivity contribution in [2.24, 2.45) is 0 Å². The van der Waals surface area contributed by atoms with E-state index < -0.39 is 35.5 Å². The zero-order chi connectivity index (χ0) is 13.2. The minimum atomic E-state index is -5.08. The van der Waals surface area contributed by atoms with Crippen molar-refractivity contribution < 1.29 is 26.7 Å². The van der Waals surface area contributed by atoms with E-state index in [1.165, 1.54) is 6.07 Å². The van der Waals surface area contributed by atoms with E-state index in [1.807, 2.05) is 0 Å². The average Bonchev–Trinajstić information content (AvgIpc) is 2.18. The van der Waals surface area contributed by atoms with E-state index in [0.717, 1.165) is 0 Å². The lowest BCUT2D eigenvalue weighted by Crippen LogP contribution is -2.19. The second-order valence-corrected chi connectivity index (χ2v) is 2.76. The fourth-order valence-corrected chi connectivity index (χ4v) is 1.04. The smallest absolute Gasteiger partial charge is 0.402 e. The minimum absolute atomic E-state index is 0.466. The Balaban J connectivity index is 3.30. The number of ether oxygens (including phenoxy) is 1. The highest BCUT2D eigenvalue weighted by Gasteiger charge is 2.33. The number of nitrogen functional groups attached to an aromatic ring is 1. The van der Waals surface area contributed by atoms with Crippen LogP contribution in [-0.4, -0.2) is 11.3 Å². The second-order valence-electron chi connectivity index (χ2n) is 2.76. The average molecular weight is 253 g/mol. The molecule has 0 bridgehead atoms. The van der Waals surface area contributed by atoms with Crippen LogP contribution in [0.15, 0.2) is 6.20 Å². The van der Waals surface area contributed by atoms with E-state index in [2.05, 4.69) is 9.72 Å². The Morgan fingerprint density at radius 3 is 2.41 bits per heavy atom. The van der Waals surface area contributed by atoms with Crippen LogP contribution in [0, 0.1) is 11.3 Å². The normalized spacial score (nSPS) is 11.4. The van der Waals surface area contributed by atoms with E-state index in [9.17, 15) is 22.0 Å². The van der Waals surface area contributed by atoms with Crippen molar-refractivity contribution in [3.63, 3.8) is 0 Å². The third-order valence-corrected chi connectivity index (χ3v) is 1.67. The summed E-state index contributed by atoms with van der Waals surface area (Å²) in [5.41, 5.74) is 2.30. The molecule has 0 aliphatic carbocycles. The number of rotatable bonds is 2. The van der Waals surface area contributed by atoms with Crippen LogP contribution < -0.4 is 10.5 Å². The number of nitriles is 1. The molecule has 0 spiro atoms. The second kappa shape index (κ2) is 4.40. The maximum Gasteiger partial charge on any atom is 0.573 e. The molecule has 4 nitrogen and oxygen atoms in total. The SMILES string of the molecule is N#Cc1ncc(OC(F)(F)F)c(N)c1C(F)F. The summed E-state index contributed by atoms with van der Waals surface area (Å²) in [4.78, 5) is 3.12. The first-order chi connectivity index (χ1) is 7.76. The molecule has 0 saturated carbocycles. The lowest BCUT2D eigenvalue weighted by molar-refractivity contribution is -0.274. The fourth-order valence-electron chi connectivity index (χ4n) is 1.04. The first kappa shape index (κ1) is 13.0. The van der Waals surface area contributed by atoms with E-state index >= 15 is 0 Å². The predicted molar refractivity (Wildman–Crippen MR) is 45.0 cm³/mol. The molecular formula is C8H4F5N3O. The van der Waals surface area contributed by atoms with E-state index in [1.54, 1.807) is 0 Å². The van der Waals surface area contributed by atoms with E-state index in [4.69, 9.17) is 11.0 Å². The van der Waals surface area contributed by atoms with Crippen LogP contribution >= 0.6 is 0 Å². The Bertz CT molecular complexity index is 465. The van der Waals surface area contributed by atoms with Crippen molar-refractivity contribution in [3.05, 3.63) is 17.5 Å². The zero-order valence-electron chi connectivity index (χ0n) is 7.92. The number of pyridine rings is 1. The summed E-state index contributed by atoms with van der Waals surface area (Å²) in [5.74, 6) is -1.06. The molecule has 0 atom stereocenters. The number of aromatic nitrogens is 1. The first-order valence-electron chi connectivity index (χ1n) is 3.98. The Labute approximate surface area is 91.4 Å². The quantitative estimate of drug-likeness (QED) is 0.821. The van der Waals surface area contributed by atoms with Crippen molar-refractivity contribution in [1.82, 2.24) is 4.98 Å². The highest BCUT2D eigenvalue weighted by Crippen LogP contribution is 2.36. The van der Waals surface area contributed by atoms with E-state index in [-0.39, 0.29) is 0 Å². The molecule has 0 fully saturated rings. The van der Waals surface area contributed by atoms with Crippen LogP contribution in [0.2, 0.25) is 0 Å². The molecule has 1 rings (SSSR count). The van der Waals surface area contributed by atoms with Gasteiger partial charge in [-0.3, -0.25) is 0 Å². The summed E-state index contributed by atoms with van der Waals surface area (Å²) in [6, 6.07) is 1.30. The summed E-state index contributed by atoms with van der Waals surface area (Å²) in [6.45, 7) is 0. The van der Waals surface area contributed by atoms with Crippen molar-refractivity contribution >= 4 is 5.69 Å². The number of halogens is 5. The van der Waals surface area contributed by atoms with Crippen molar-refractivity contribution in [3.8, 4) is 11.8 Å². The minimum Gasteiger partial charge on any atom is -0.402 e. The highest BCUT2D eigenvalue weighted by atomic mass is 19.4. The molecule has 92 valence electrons. The van der Waals surface area contributed by atoms with Gasteiger partial charge in [-0.15, -0.1) is 13.2 Å². The first-order valence-corrected chi connectivity index (χ1v) is 3.98. The largest absolute Gasteiger partial charge is 0.573 e. The molecule has 0 amide bonds. The Kier molecular flexibility index (Phi) is 3.36. The van der Waals surface area contributed by atoms with Crippen molar-refractivity contribution in [2.45, 2.75) is 12.8 Å². The lowest BCUT2D eigenvalue weighted by Gasteiger charge is -2.13. The van der Waals surface area contributed by atoms with Crippen LogP contribution in [0.3, 0.4) is 0 Å². The third-order valence-electron chi connectivity index (χ3n) is 1.67. The molecule has 0 aliphatic rings. The molecule has 9 heteroatoms. The number of nitrogens with zero attached hydrogens (tertiary/aromatic N) is 2.